The van der Waals surface area contributed by atoms with Crippen LogP contribution in [-0.4, -0.2) is 23.6 Å². The van der Waals surface area contributed by atoms with Crippen molar-refractivity contribution in [1.29, 1.82) is 5.26 Å². The molecule has 0 unspecified atom stereocenters. The molecule has 1 heterocycles. The number of carbonyl (C=O) groups excluding carboxylic acids is 1. The third kappa shape index (κ3) is 5.82. The van der Waals surface area contributed by atoms with Gasteiger partial charge < -0.3 is 9.47 Å². The smallest absolute Gasteiger partial charge is 0.387 e. The Hall–Kier alpha value is -4.55. The third-order valence-electron chi connectivity index (χ3n) is 5.22. The number of hydrogen-bond donors (Lipinski definition) is 0. The van der Waals surface area contributed by atoms with Crippen LogP contribution in [0.2, 0.25) is 0 Å². The Morgan fingerprint density at radius 2 is 1.68 bits per heavy atom. The van der Waals surface area contributed by atoms with Gasteiger partial charge in [-0.3, -0.25) is 14.2 Å². The standard InChI is InChI=1S/C28H20F2N2O4S/c1-2-35-21-14-10-20(11-15-21)32-26(34)24(16-18-8-12-22(13-9-18)36-28(29)30)37-27(32)23(17-31)25(33)19-6-4-3-5-7-19/h3-16,28H,2H2,1H3/b24-16-,27-23+. The molecule has 1 aromatic heterocycles. The summed E-state index contributed by atoms with van der Waals surface area (Å²) < 4.78 is 36.5. The number of rotatable bonds is 8. The van der Waals surface area contributed by atoms with Crippen LogP contribution in [0.25, 0.3) is 17.3 Å². The van der Waals surface area contributed by atoms with Crippen LogP contribution < -0.4 is 24.2 Å². The summed E-state index contributed by atoms with van der Waals surface area (Å²) in [5, 5.41) is 9.97. The van der Waals surface area contributed by atoms with Crippen molar-refractivity contribution in [3.8, 4) is 23.3 Å². The van der Waals surface area contributed by atoms with Crippen molar-refractivity contribution in [3.63, 3.8) is 0 Å². The Morgan fingerprint density at radius 3 is 2.27 bits per heavy atom. The first-order chi connectivity index (χ1) is 17.9. The molecule has 9 heteroatoms. The average molecular weight is 519 g/mol. The molecule has 0 saturated carbocycles. The maximum absolute atomic E-state index is 13.6. The molecule has 0 aliphatic rings. The number of nitrogens with zero attached hydrogens (tertiary/aromatic N) is 2. The number of ketones is 1. The number of Topliss-reactive ketones (excluding diaryl/α,β-unsaturated/α-hetero) is 1. The van der Waals surface area contributed by atoms with E-state index in [2.05, 4.69) is 4.74 Å². The summed E-state index contributed by atoms with van der Waals surface area (Å²) in [6.45, 7) is -0.619. The van der Waals surface area contributed by atoms with Crippen LogP contribution in [0.4, 0.5) is 8.78 Å². The van der Waals surface area contributed by atoms with E-state index in [9.17, 15) is 23.6 Å². The van der Waals surface area contributed by atoms with Crippen LogP contribution in [0, 0.1) is 11.3 Å². The number of aromatic nitrogens is 1. The van der Waals surface area contributed by atoms with Crippen LogP contribution in [0.1, 0.15) is 22.8 Å². The van der Waals surface area contributed by atoms with E-state index in [0.29, 0.717) is 29.2 Å². The van der Waals surface area contributed by atoms with E-state index in [4.69, 9.17) is 4.74 Å². The Bertz CT molecular complexity index is 1620. The molecule has 6 nitrogen and oxygen atoms in total. The fourth-order valence-corrected chi connectivity index (χ4v) is 4.67. The van der Waals surface area contributed by atoms with Crippen LogP contribution in [0.15, 0.2) is 83.7 Å². The van der Waals surface area contributed by atoms with Gasteiger partial charge in [0, 0.05) is 5.56 Å². The second-order valence-corrected chi connectivity index (χ2v) is 8.64. The van der Waals surface area contributed by atoms with Crippen molar-refractivity contribution in [2.24, 2.45) is 0 Å². The lowest BCUT2D eigenvalue weighted by atomic mass is 10.1. The van der Waals surface area contributed by atoms with Crippen LogP contribution in [0.3, 0.4) is 0 Å². The summed E-state index contributed by atoms with van der Waals surface area (Å²) in [6.07, 6.45) is 1.57. The highest BCUT2D eigenvalue weighted by Gasteiger charge is 2.18. The Labute approximate surface area is 214 Å². The minimum Gasteiger partial charge on any atom is -0.494 e. The topological polar surface area (TPSA) is 81.3 Å². The fourth-order valence-electron chi connectivity index (χ4n) is 3.57. The van der Waals surface area contributed by atoms with E-state index in [-0.39, 0.29) is 20.5 Å². The van der Waals surface area contributed by atoms with Gasteiger partial charge in [-0.25, -0.2) is 0 Å². The van der Waals surface area contributed by atoms with Gasteiger partial charge in [0.25, 0.3) is 5.56 Å². The largest absolute Gasteiger partial charge is 0.494 e. The first-order valence-electron chi connectivity index (χ1n) is 11.2. The molecule has 0 aliphatic carbocycles. The molecule has 0 radical (unpaired) electrons. The summed E-state index contributed by atoms with van der Waals surface area (Å²) in [4.78, 5) is 26.8. The Morgan fingerprint density at radius 1 is 1.03 bits per heavy atom. The second kappa shape index (κ2) is 11.5. The highest BCUT2D eigenvalue weighted by atomic mass is 32.1. The number of benzene rings is 3. The van der Waals surface area contributed by atoms with Crippen molar-refractivity contribution >= 4 is 28.8 Å². The zero-order valence-electron chi connectivity index (χ0n) is 19.6. The molecule has 0 spiro atoms. The van der Waals surface area contributed by atoms with Gasteiger partial charge in [-0.15, -0.1) is 11.3 Å². The Kier molecular flexibility index (Phi) is 7.91. The lowest BCUT2D eigenvalue weighted by molar-refractivity contribution is -0.0498. The number of alkyl halides is 2. The second-order valence-electron chi connectivity index (χ2n) is 7.61. The minimum atomic E-state index is -2.95. The van der Waals surface area contributed by atoms with Gasteiger partial charge in [-0.2, -0.15) is 14.0 Å². The Balaban J connectivity index is 1.93. The maximum atomic E-state index is 13.6. The van der Waals surface area contributed by atoms with E-state index in [0.717, 1.165) is 11.3 Å². The predicted molar refractivity (Wildman–Crippen MR) is 137 cm³/mol. The molecule has 186 valence electrons. The van der Waals surface area contributed by atoms with Gasteiger partial charge in [-0.05, 0) is 55.0 Å². The highest BCUT2D eigenvalue weighted by Crippen LogP contribution is 2.16. The van der Waals surface area contributed by atoms with Crippen molar-refractivity contribution in [2.75, 3.05) is 6.61 Å². The number of carbonyl (C=O) groups is 1. The van der Waals surface area contributed by atoms with Crippen molar-refractivity contribution in [3.05, 3.63) is 110 Å². The fraction of sp³-hybridized carbons (Fsp3) is 0.107. The first kappa shape index (κ1) is 25.5. The van der Waals surface area contributed by atoms with Crippen molar-refractivity contribution in [2.45, 2.75) is 13.5 Å². The van der Waals surface area contributed by atoms with Gasteiger partial charge in [0.15, 0.2) is 0 Å². The molecule has 0 fully saturated rings. The monoisotopic (exact) mass is 518 g/mol. The van der Waals surface area contributed by atoms with E-state index < -0.39 is 18.0 Å². The highest BCUT2D eigenvalue weighted by molar-refractivity contribution is 7.07. The van der Waals surface area contributed by atoms with E-state index in [1.54, 1.807) is 60.7 Å². The molecule has 0 saturated heterocycles. The molecule has 0 amide bonds. The van der Waals surface area contributed by atoms with Crippen LogP contribution in [-0.2, 0) is 0 Å². The number of hydrogen-bond acceptors (Lipinski definition) is 6. The SMILES string of the molecule is CCOc1ccc(-n2c(=O)/c(=C/c3ccc(OC(F)F)cc3)s/c2=C(\C#N)C(=O)c2ccccc2)cc1. The number of thiazole rings is 1. The molecular weight excluding hydrogens is 498 g/mol. The quantitative estimate of drug-likeness (QED) is 0.325. The summed E-state index contributed by atoms with van der Waals surface area (Å²) in [6, 6.07) is 22.8. The molecule has 0 atom stereocenters. The summed E-state index contributed by atoms with van der Waals surface area (Å²) in [7, 11) is 0. The zero-order valence-corrected chi connectivity index (χ0v) is 20.4. The average Bonchev–Trinajstić information content (AvgIpc) is 3.21. The van der Waals surface area contributed by atoms with E-state index in [1.165, 1.54) is 28.8 Å². The molecule has 4 aromatic rings. The molecule has 0 N–H and O–H groups in total. The minimum absolute atomic E-state index is 0.0145. The lowest BCUT2D eigenvalue weighted by Crippen LogP contribution is -2.31. The number of nitriles is 1. The third-order valence-corrected chi connectivity index (χ3v) is 6.31. The molecule has 3 aromatic carbocycles. The predicted octanol–water partition coefficient (Wildman–Crippen LogP) is 4.29. The van der Waals surface area contributed by atoms with Gasteiger partial charge in [0.1, 0.15) is 27.8 Å². The van der Waals surface area contributed by atoms with Gasteiger partial charge >= 0.3 is 6.61 Å². The number of halogens is 2. The molecule has 0 aliphatic heterocycles. The van der Waals surface area contributed by atoms with Crippen LogP contribution in [0.5, 0.6) is 11.5 Å². The first-order valence-corrected chi connectivity index (χ1v) is 12.0. The molecule has 4 rings (SSSR count). The van der Waals surface area contributed by atoms with Crippen molar-refractivity contribution in [1.82, 2.24) is 4.57 Å². The van der Waals surface area contributed by atoms with E-state index in [1.807, 2.05) is 13.0 Å². The van der Waals surface area contributed by atoms with Gasteiger partial charge in [-0.1, -0.05) is 42.5 Å². The number of ether oxygens (including phenoxy) is 2. The summed E-state index contributed by atoms with van der Waals surface area (Å²) >= 11 is 0.993. The molecule has 37 heavy (non-hydrogen) atoms. The maximum Gasteiger partial charge on any atom is 0.387 e. The van der Waals surface area contributed by atoms with E-state index >= 15 is 0 Å². The summed E-state index contributed by atoms with van der Waals surface area (Å²) in [5.41, 5.74) is 0.707. The normalized spacial score (nSPS) is 12.2. The van der Waals surface area contributed by atoms with Gasteiger partial charge in [0.2, 0.25) is 5.78 Å². The van der Waals surface area contributed by atoms with Crippen LogP contribution >= 0.6 is 11.3 Å². The zero-order chi connectivity index (χ0) is 26.4. The molecular formula is C28H20F2N2O4S. The lowest BCUT2D eigenvalue weighted by Gasteiger charge is -2.06. The van der Waals surface area contributed by atoms with Crippen molar-refractivity contribution < 1.29 is 23.0 Å². The summed E-state index contributed by atoms with van der Waals surface area (Å²) in [5.74, 6) is 0.0854. The molecule has 0 bridgehead atoms. The van der Waals surface area contributed by atoms with Gasteiger partial charge in [0.05, 0.1) is 16.8 Å².